The van der Waals surface area contributed by atoms with E-state index in [4.69, 9.17) is 10.5 Å². The summed E-state index contributed by atoms with van der Waals surface area (Å²) in [7, 11) is 0. The molecule has 2 N–H and O–H groups in total. The van der Waals surface area contributed by atoms with Gasteiger partial charge in [-0.15, -0.1) is 0 Å². The number of halogens is 3. The molecule has 2 nitrogen and oxygen atoms in total. The fourth-order valence-corrected chi connectivity index (χ4v) is 2.59. The first-order chi connectivity index (χ1) is 9.62. The highest BCUT2D eigenvalue weighted by molar-refractivity contribution is 5.49. The molecule has 0 saturated heterocycles. The number of hydrogen-bond donors (Lipinski definition) is 1. The molecule has 2 rings (SSSR count). The second-order valence-corrected chi connectivity index (χ2v) is 6.18. The lowest BCUT2D eigenvalue weighted by atomic mass is 9.80. The third-order valence-electron chi connectivity index (χ3n) is 4.54. The number of allylic oxidation sites excluding steroid dienone is 1. The van der Waals surface area contributed by atoms with Gasteiger partial charge in [0.15, 0.2) is 0 Å². The Morgan fingerprint density at radius 2 is 2.00 bits per heavy atom. The summed E-state index contributed by atoms with van der Waals surface area (Å²) >= 11 is 0. The Labute approximate surface area is 122 Å². The monoisotopic (exact) mass is 299 g/mol. The normalized spacial score (nSPS) is 23.5. The summed E-state index contributed by atoms with van der Waals surface area (Å²) in [5.74, 6) is 0.278. The van der Waals surface area contributed by atoms with Crippen molar-refractivity contribution in [1.29, 1.82) is 0 Å². The van der Waals surface area contributed by atoms with Crippen LogP contribution in [-0.2, 0) is 6.18 Å². The Hall–Kier alpha value is -1.65. The van der Waals surface area contributed by atoms with E-state index in [2.05, 4.69) is 20.8 Å². The molecule has 0 amide bonds. The number of ether oxygens (including phenoxy) is 1. The van der Waals surface area contributed by atoms with Crippen LogP contribution in [0.1, 0.15) is 39.2 Å². The number of hydrogen-bond acceptors (Lipinski definition) is 2. The number of rotatable bonds is 2. The maximum Gasteiger partial charge on any atom is 0.420 e. The van der Waals surface area contributed by atoms with Crippen molar-refractivity contribution in [3.63, 3.8) is 0 Å². The van der Waals surface area contributed by atoms with Crippen molar-refractivity contribution in [2.45, 2.75) is 39.8 Å². The molecule has 21 heavy (non-hydrogen) atoms. The van der Waals surface area contributed by atoms with Gasteiger partial charge in [0.05, 0.1) is 6.26 Å². The van der Waals surface area contributed by atoms with Crippen LogP contribution in [-0.4, -0.2) is 0 Å². The van der Waals surface area contributed by atoms with E-state index in [-0.39, 0.29) is 16.9 Å². The van der Waals surface area contributed by atoms with Crippen LogP contribution >= 0.6 is 0 Å². The zero-order valence-corrected chi connectivity index (χ0v) is 12.4. The quantitative estimate of drug-likeness (QED) is 0.615. The lowest BCUT2D eigenvalue weighted by Crippen LogP contribution is -2.17. The lowest BCUT2D eigenvalue weighted by Gasteiger charge is -2.25. The molecule has 0 aromatic heterocycles. The van der Waals surface area contributed by atoms with Crippen molar-refractivity contribution in [3.05, 3.63) is 35.6 Å². The van der Waals surface area contributed by atoms with Gasteiger partial charge in [-0.05, 0) is 47.9 Å². The van der Waals surface area contributed by atoms with E-state index in [9.17, 15) is 13.2 Å². The Morgan fingerprint density at radius 1 is 1.33 bits per heavy atom. The molecule has 0 aliphatic heterocycles. The van der Waals surface area contributed by atoms with Crippen molar-refractivity contribution >= 4 is 5.69 Å². The minimum Gasteiger partial charge on any atom is -0.464 e. The van der Waals surface area contributed by atoms with Gasteiger partial charge in [-0.2, -0.15) is 13.2 Å². The zero-order valence-electron chi connectivity index (χ0n) is 12.4. The average Bonchev–Trinajstić information content (AvgIpc) is 2.62. The van der Waals surface area contributed by atoms with Crippen LogP contribution in [0.3, 0.4) is 0 Å². The second kappa shape index (κ2) is 5.28. The highest BCUT2D eigenvalue weighted by atomic mass is 19.4. The van der Waals surface area contributed by atoms with Gasteiger partial charge in [0, 0.05) is 5.69 Å². The van der Waals surface area contributed by atoms with Crippen LogP contribution in [0, 0.1) is 11.3 Å². The maximum absolute atomic E-state index is 13.0. The van der Waals surface area contributed by atoms with Gasteiger partial charge in [0.25, 0.3) is 0 Å². The molecule has 1 aliphatic carbocycles. The van der Waals surface area contributed by atoms with Crippen molar-refractivity contribution in [1.82, 2.24) is 0 Å². The highest BCUT2D eigenvalue weighted by Crippen LogP contribution is 2.47. The fraction of sp³-hybridized carbons (Fsp3) is 0.500. The first kappa shape index (κ1) is 15.7. The van der Waals surface area contributed by atoms with Crippen molar-refractivity contribution in [3.8, 4) is 5.75 Å². The van der Waals surface area contributed by atoms with Crippen LogP contribution in [0.2, 0.25) is 0 Å². The molecule has 1 saturated carbocycles. The van der Waals surface area contributed by atoms with E-state index in [0.717, 1.165) is 24.5 Å². The van der Waals surface area contributed by atoms with Crippen LogP contribution in [0.4, 0.5) is 18.9 Å². The molecule has 0 heterocycles. The van der Waals surface area contributed by atoms with Crippen LogP contribution in [0.25, 0.3) is 0 Å². The number of benzene rings is 1. The van der Waals surface area contributed by atoms with Gasteiger partial charge < -0.3 is 10.5 Å². The second-order valence-electron chi connectivity index (χ2n) is 6.18. The largest absolute Gasteiger partial charge is 0.464 e. The van der Waals surface area contributed by atoms with E-state index in [1.807, 2.05) is 0 Å². The summed E-state index contributed by atoms with van der Waals surface area (Å²) in [6.07, 6.45) is -1.13. The lowest BCUT2D eigenvalue weighted by molar-refractivity contribution is -0.138. The van der Waals surface area contributed by atoms with E-state index < -0.39 is 11.7 Å². The topological polar surface area (TPSA) is 35.2 Å². The summed E-state index contributed by atoms with van der Waals surface area (Å²) < 4.78 is 44.3. The predicted molar refractivity (Wildman–Crippen MR) is 76.7 cm³/mol. The zero-order chi connectivity index (χ0) is 15.8. The molecule has 1 aromatic carbocycles. The van der Waals surface area contributed by atoms with Gasteiger partial charge in [-0.1, -0.05) is 20.8 Å². The number of alkyl halides is 3. The van der Waals surface area contributed by atoms with E-state index in [1.165, 1.54) is 18.4 Å². The summed E-state index contributed by atoms with van der Waals surface area (Å²) in [6.45, 7) is 6.33. The van der Waals surface area contributed by atoms with E-state index >= 15 is 0 Å². The standard InChI is InChI=1S/C16H20F3NO/c1-10-4-5-11(15(10,2)3)9-21-14-7-6-12(20)8-13(14)16(17,18)19/h6-10H,4-5,20H2,1-3H3. The molecular formula is C16H20F3NO. The highest BCUT2D eigenvalue weighted by Gasteiger charge is 2.37. The Bertz CT molecular complexity index is 561. The molecule has 0 spiro atoms. The minimum absolute atomic E-state index is 0.0494. The fourth-order valence-electron chi connectivity index (χ4n) is 2.59. The summed E-state index contributed by atoms with van der Waals surface area (Å²) in [5.41, 5.74) is 5.65. The smallest absolute Gasteiger partial charge is 0.420 e. The van der Waals surface area contributed by atoms with Gasteiger partial charge >= 0.3 is 6.18 Å². The molecule has 1 atom stereocenters. The molecule has 116 valence electrons. The van der Waals surface area contributed by atoms with Crippen LogP contribution < -0.4 is 10.5 Å². The van der Waals surface area contributed by atoms with Crippen molar-refractivity contribution < 1.29 is 17.9 Å². The molecule has 1 unspecified atom stereocenters. The predicted octanol–water partition coefficient (Wildman–Crippen LogP) is 5.01. The summed E-state index contributed by atoms with van der Waals surface area (Å²) in [6, 6.07) is 3.57. The minimum atomic E-state index is -4.48. The summed E-state index contributed by atoms with van der Waals surface area (Å²) in [4.78, 5) is 0. The Balaban J connectivity index is 2.29. The van der Waals surface area contributed by atoms with Crippen LogP contribution in [0.5, 0.6) is 5.75 Å². The molecule has 0 radical (unpaired) electrons. The van der Waals surface area contributed by atoms with Crippen LogP contribution in [0.15, 0.2) is 30.0 Å². The van der Waals surface area contributed by atoms with Crippen molar-refractivity contribution in [2.75, 3.05) is 5.73 Å². The van der Waals surface area contributed by atoms with Gasteiger partial charge in [-0.25, -0.2) is 0 Å². The molecule has 1 fully saturated rings. The van der Waals surface area contributed by atoms with Gasteiger partial charge in [0.2, 0.25) is 0 Å². The molecular weight excluding hydrogens is 279 g/mol. The van der Waals surface area contributed by atoms with Gasteiger partial charge in [0.1, 0.15) is 11.3 Å². The van der Waals surface area contributed by atoms with E-state index in [1.54, 1.807) is 0 Å². The number of anilines is 1. The number of nitrogen functional groups attached to an aromatic ring is 1. The van der Waals surface area contributed by atoms with E-state index in [0.29, 0.717) is 5.92 Å². The first-order valence-corrected chi connectivity index (χ1v) is 6.95. The Kier molecular flexibility index (Phi) is 3.95. The number of nitrogens with two attached hydrogens (primary N) is 1. The SMILES string of the molecule is CC1CCC(=COc2ccc(N)cc2C(F)(F)F)C1(C)C. The maximum atomic E-state index is 13.0. The molecule has 1 aliphatic rings. The van der Waals surface area contributed by atoms with Gasteiger partial charge in [-0.3, -0.25) is 0 Å². The molecule has 0 bridgehead atoms. The third-order valence-corrected chi connectivity index (χ3v) is 4.54. The Morgan fingerprint density at radius 3 is 2.52 bits per heavy atom. The first-order valence-electron chi connectivity index (χ1n) is 6.95. The molecule has 5 heteroatoms. The average molecular weight is 299 g/mol. The molecule has 1 aromatic rings. The summed E-state index contributed by atoms with van der Waals surface area (Å²) in [5, 5.41) is 0. The van der Waals surface area contributed by atoms with Crippen molar-refractivity contribution in [2.24, 2.45) is 11.3 Å². The third kappa shape index (κ3) is 3.17.